The molecule has 2 N–H and O–H groups in total. The van der Waals surface area contributed by atoms with Gasteiger partial charge < -0.3 is 19.6 Å². The Balaban J connectivity index is 1.91. The van der Waals surface area contributed by atoms with Gasteiger partial charge in [-0.05, 0) is 31.7 Å². The van der Waals surface area contributed by atoms with E-state index in [1.165, 1.54) is 6.26 Å². The molecule has 1 aliphatic rings. The van der Waals surface area contributed by atoms with Crippen LogP contribution >= 0.6 is 0 Å². The molecule has 6 nitrogen and oxygen atoms in total. The molecule has 1 aromatic rings. The normalized spacial score (nSPS) is 17.6. The number of nitrogens with one attached hydrogen (secondary N) is 1. The molecule has 1 unspecified atom stereocenters. The van der Waals surface area contributed by atoms with Crippen LogP contribution in [0.1, 0.15) is 29.0 Å². The molecule has 1 aromatic heterocycles. The Hall–Kier alpha value is -1.82. The number of hydrogen-bond donors (Lipinski definition) is 2. The van der Waals surface area contributed by atoms with Crippen LogP contribution in [0.3, 0.4) is 0 Å². The van der Waals surface area contributed by atoms with E-state index in [0.29, 0.717) is 24.5 Å². The Labute approximate surface area is 117 Å². The van der Waals surface area contributed by atoms with Crippen LogP contribution in [-0.4, -0.2) is 36.7 Å². The maximum atomic E-state index is 11.9. The summed E-state index contributed by atoms with van der Waals surface area (Å²) in [6, 6.07) is 1.62. The first-order valence-electron chi connectivity index (χ1n) is 6.72. The summed E-state index contributed by atoms with van der Waals surface area (Å²) >= 11 is 0. The maximum absolute atomic E-state index is 11.9. The van der Waals surface area contributed by atoms with Gasteiger partial charge in [0.1, 0.15) is 12.0 Å². The summed E-state index contributed by atoms with van der Waals surface area (Å²) < 4.78 is 10.3. The number of amides is 1. The number of carboxylic acid groups (broad SMARTS) is 1. The molecule has 0 saturated carbocycles. The van der Waals surface area contributed by atoms with Crippen molar-refractivity contribution >= 4 is 11.9 Å². The SMILES string of the molecule is Cc1cc(C(=O)NCC(C(=O)O)C2CCOCC2)co1. The summed E-state index contributed by atoms with van der Waals surface area (Å²) in [7, 11) is 0. The molecule has 1 fully saturated rings. The Morgan fingerprint density at radius 1 is 1.45 bits per heavy atom. The third-order valence-corrected chi connectivity index (χ3v) is 3.63. The summed E-state index contributed by atoms with van der Waals surface area (Å²) in [5.74, 6) is -1.06. The van der Waals surface area contributed by atoms with E-state index in [1.807, 2.05) is 0 Å². The summed E-state index contributed by atoms with van der Waals surface area (Å²) in [6.07, 6.45) is 2.81. The second kappa shape index (κ2) is 6.56. The minimum Gasteiger partial charge on any atom is -0.481 e. The standard InChI is InChI=1S/C14H19NO5/c1-9-6-11(8-20-9)13(16)15-7-12(14(17)18)10-2-4-19-5-3-10/h6,8,10,12H,2-5,7H2,1H3,(H,15,16)(H,17,18). The maximum Gasteiger partial charge on any atom is 0.308 e. The first-order valence-corrected chi connectivity index (χ1v) is 6.72. The van der Waals surface area contributed by atoms with E-state index in [9.17, 15) is 14.7 Å². The number of carboxylic acids is 1. The molecule has 6 heteroatoms. The van der Waals surface area contributed by atoms with Gasteiger partial charge in [0.2, 0.25) is 0 Å². The lowest BCUT2D eigenvalue weighted by Gasteiger charge is -2.27. The predicted molar refractivity (Wildman–Crippen MR) is 70.4 cm³/mol. The van der Waals surface area contributed by atoms with Crippen LogP contribution in [0.5, 0.6) is 0 Å². The van der Waals surface area contributed by atoms with Crippen molar-refractivity contribution in [3.8, 4) is 0 Å². The zero-order valence-electron chi connectivity index (χ0n) is 11.4. The number of carbonyl (C=O) groups excluding carboxylic acids is 1. The van der Waals surface area contributed by atoms with Crippen molar-refractivity contribution in [2.45, 2.75) is 19.8 Å². The van der Waals surface area contributed by atoms with Gasteiger partial charge in [-0.1, -0.05) is 0 Å². The van der Waals surface area contributed by atoms with Crippen molar-refractivity contribution in [2.24, 2.45) is 11.8 Å². The molecule has 2 rings (SSSR count). The summed E-state index contributed by atoms with van der Waals surface area (Å²) in [5, 5.41) is 12.0. The number of hydrogen-bond acceptors (Lipinski definition) is 4. The van der Waals surface area contributed by atoms with Gasteiger partial charge in [0, 0.05) is 19.8 Å². The number of furan rings is 1. The van der Waals surface area contributed by atoms with Crippen molar-refractivity contribution in [2.75, 3.05) is 19.8 Å². The fourth-order valence-electron chi connectivity index (χ4n) is 2.44. The van der Waals surface area contributed by atoms with E-state index in [4.69, 9.17) is 9.15 Å². The second-order valence-electron chi connectivity index (χ2n) is 5.05. The number of carbonyl (C=O) groups is 2. The Morgan fingerprint density at radius 2 is 2.15 bits per heavy atom. The lowest BCUT2D eigenvalue weighted by atomic mass is 9.86. The molecule has 1 aliphatic heterocycles. The van der Waals surface area contributed by atoms with Crippen LogP contribution in [0.4, 0.5) is 0 Å². The van der Waals surface area contributed by atoms with E-state index < -0.39 is 11.9 Å². The van der Waals surface area contributed by atoms with Crippen molar-refractivity contribution in [3.63, 3.8) is 0 Å². The fourth-order valence-corrected chi connectivity index (χ4v) is 2.44. The number of rotatable bonds is 5. The molecule has 0 aliphatic carbocycles. The zero-order chi connectivity index (χ0) is 14.5. The lowest BCUT2D eigenvalue weighted by molar-refractivity contribution is -0.144. The van der Waals surface area contributed by atoms with Crippen molar-refractivity contribution in [1.29, 1.82) is 0 Å². The van der Waals surface area contributed by atoms with E-state index >= 15 is 0 Å². The summed E-state index contributed by atoms with van der Waals surface area (Å²) in [4.78, 5) is 23.2. The summed E-state index contributed by atoms with van der Waals surface area (Å²) in [6.45, 7) is 3.05. The molecule has 20 heavy (non-hydrogen) atoms. The Morgan fingerprint density at radius 3 is 2.70 bits per heavy atom. The molecule has 0 spiro atoms. The van der Waals surface area contributed by atoms with Crippen molar-refractivity contribution < 1.29 is 23.8 Å². The Bertz CT molecular complexity index is 476. The van der Waals surface area contributed by atoms with Crippen LogP contribution < -0.4 is 5.32 Å². The van der Waals surface area contributed by atoms with Gasteiger partial charge in [0.05, 0.1) is 11.5 Å². The van der Waals surface area contributed by atoms with Gasteiger partial charge in [-0.2, -0.15) is 0 Å². The topological polar surface area (TPSA) is 88.8 Å². The fraction of sp³-hybridized carbons (Fsp3) is 0.571. The molecular formula is C14H19NO5. The average molecular weight is 281 g/mol. The molecule has 1 atom stereocenters. The van der Waals surface area contributed by atoms with Crippen LogP contribution in [0.2, 0.25) is 0 Å². The Kier molecular flexibility index (Phi) is 4.79. The van der Waals surface area contributed by atoms with Crippen LogP contribution in [0.25, 0.3) is 0 Å². The van der Waals surface area contributed by atoms with E-state index in [-0.39, 0.29) is 18.4 Å². The van der Waals surface area contributed by atoms with Gasteiger partial charge in [-0.3, -0.25) is 9.59 Å². The molecule has 0 radical (unpaired) electrons. The molecular weight excluding hydrogens is 262 g/mol. The third kappa shape index (κ3) is 3.60. The third-order valence-electron chi connectivity index (χ3n) is 3.63. The van der Waals surface area contributed by atoms with Gasteiger partial charge >= 0.3 is 5.97 Å². The van der Waals surface area contributed by atoms with Crippen LogP contribution in [-0.2, 0) is 9.53 Å². The number of aryl methyl sites for hydroxylation is 1. The molecule has 2 heterocycles. The zero-order valence-corrected chi connectivity index (χ0v) is 11.4. The van der Waals surface area contributed by atoms with E-state index in [1.54, 1.807) is 13.0 Å². The highest BCUT2D eigenvalue weighted by Gasteiger charge is 2.30. The molecule has 1 amide bonds. The van der Waals surface area contributed by atoms with Crippen LogP contribution in [0, 0.1) is 18.8 Å². The van der Waals surface area contributed by atoms with Crippen LogP contribution in [0.15, 0.2) is 16.7 Å². The minimum absolute atomic E-state index is 0.0487. The van der Waals surface area contributed by atoms with Gasteiger partial charge in [0.15, 0.2) is 0 Å². The lowest BCUT2D eigenvalue weighted by Crippen LogP contribution is -2.38. The molecule has 0 aromatic carbocycles. The smallest absolute Gasteiger partial charge is 0.308 e. The highest BCUT2D eigenvalue weighted by atomic mass is 16.5. The van der Waals surface area contributed by atoms with Gasteiger partial charge in [-0.25, -0.2) is 0 Å². The number of ether oxygens (including phenoxy) is 1. The predicted octanol–water partition coefficient (Wildman–Crippen LogP) is 1.45. The number of aliphatic carboxylic acids is 1. The van der Waals surface area contributed by atoms with Gasteiger partial charge in [0.25, 0.3) is 5.91 Å². The van der Waals surface area contributed by atoms with Crippen molar-refractivity contribution in [1.82, 2.24) is 5.32 Å². The van der Waals surface area contributed by atoms with E-state index in [2.05, 4.69) is 5.32 Å². The molecule has 0 bridgehead atoms. The highest BCUT2D eigenvalue weighted by molar-refractivity contribution is 5.94. The van der Waals surface area contributed by atoms with E-state index in [0.717, 1.165) is 12.8 Å². The second-order valence-corrected chi connectivity index (χ2v) is 5.05. The quantitative estimate of drug-likeness (QED) is 0.852. The van der Waals surface area contributed by atoms with Gasteiger partial charge in [-0.15, -0.1) is 0 Å². The van der Waals surface area contributed by atoms with Crippen molar-refractivity contribution in [3.05, 3.63) is 23.7 Å². The highest BCUT2D eigenvalue weighted by Crippen LogP contribution is 2.23. The monoisotopic (exact) mass is 281 g/mol. The average Bonchev–Trinajstić information content (AvgIpc) is 2.86. The minimum atomic E-state index is -0.874. The summed E-state index contributed by atoms with van der Waals surface area (Å²) in [5.41, 5.74) is 0.415. The molecule has 110 valence electrons. The molecule has 1 saturated heterocycles. The largest absolute Gasteiger partial charge is 0.481 e. The first-order chi connectivity index (χ1) is 9.58. The first kappa shape index (κ1) is 14.6.